The van der Waals surface area contributed by atoms with E-state index in [1.54, 1.807) is 61.5 Å². The molecule has 0 fully saturated rings. The highest BCUT2D eigenvalue weighted by Gasteiger charge is 2.37. The van der Waals surface area contributed by atoms with Crippen LogP contribution in [-0.2, 0) is 24.0 Å². The third-order valence-electron chi connectivity index (χ3n) is 5.54. The molecule has 11 nitrogen and oxygen atoms in total. The molecule has 2 aromatic rings. The van der Waals surface area contributed by atoms with Crippen LogP contribution in [-0.4, -0.2) is 66.2 Å². The standard InChI is InChI=1S/C25H26N4O7/c1-2-22(32)28-13-18(27-24(35)16-8-4-3-5-9-16)25(36)29(20-11-7-6-10-19(20)28)14-21(31)26-17(15-30)12-23(33)34/h3-11,15,17-18H,2,12-14H2,1H3,(H,26,31)(H,27,35)(H,33,34)/t17-,18-/m0/s1. The fourth-order valence-electron chi connectivity index (χ4n) is 3.83. The quantitative estimate of drug-likeness (QED) is 0.435. The smallest absolute Gasteiger partial charge is 0.305 e. The lowest BCUT2D eigenvalue weighted by Gasteiger charge is -2.25. The number of fused-ring (bicyclic) bond motifs is 1. The van der Waals surface area contributed by atoms with Crippen LogP contribution in [0.4, 0.5) is 11.4 Å². The number of rotatable bonds is 9. The zero-order valence-corrected chi connectivity index (χ0v) is 19.5. The Morgan fingerprint density at radius 1 is 1.06 bits per heavy atom. The first-order chi connectivity index (χ1) is 17.2. The predicted molar refractivity (Wildman–Crippen MR) is 129 cm³/mol. The largest absolute Gasteiger partial charge is 0.481 e. The number of hydrogen-bond acceptors (Lipinski definition) is 6. The Balaban J connectivity index is 1.96. The first kappa shape index (κ1) is 26.1. The van der Waals surface area contributed by atoms with Gasteiger partial charge in [-0.3, -0.25) is 28.9 Å². The van der Waals surface area contributed by atoms with Crippen molar-refractivity contribution in [2.45, 2.75) is 31.8 Å². The number of carbonyl (C=O) groups is 6. The Hall–Kier alpha value is -4.54. The van der Waals surface area contributed by atoms with Gasteiger partial charge in [-0.05, 0) is 24.3 Å². The normalized spacial score (nSPS) is 15.8. The molecule has 36 heavy (non-hydrogen) atoms. The molecule has 3 N–H and O–H groups in total. The molecule has 188 valence electrons. The summed E-state index contributed by atoms with van der Waals surface area (Å²) in [5.74, 6) is -3.52. The van der Waals surface area contributed by atoms with Gasteiger partial charge in [-0.2, -0.15) is 0 Å². The van der Waals surface area contributed by atoms with Crippen molar-refractivity contribution >= 4 is 47.3 Å². The Kier molecular flexibility index (Phi) is 8.50. The second-order valence-corrected chi connectivity index (χ2v) is 8.07. The minimum absolute atomic E-state index is 0.137. The van der Waals surface area contributed by atoms with E-state index in [0.29, 0.717) is 17.5 Å². The maximum absolute atomic E-state index is 13.6. The minimum Gasteiger partial charge on any atom is -0.481 e. The second kappa shape index (κ2) is 11.7. The summed E-state index contributed by atoms with van der Waals surface area (Å²) < 4.78 is 0. The van der Waals surface area contributed by atoms with Gasteiger partial charge in [0.15, 0.2) is 0 Å². The van der Waals surface area contributed by atoms with Gasteiger partial charge in [-0.25, -0.2) is 0 Å². The van der Waals surface area contributed by atoms with E-state index < -0.39 is 48.7 Å². The van der Waals surface area contributed by atoms with Crippen LogP contribution in [0.3, 0.4) is 0 Å². The van der Waals surface area contributed by atoms with Crippen LogP contribution >= 0.6 is 0 Å². The molecule has 0 spiro atoms. The molecule has 4 amide bonds. The van der Waals surface area contributed by atoms with Crippen molar-refractivity contribution in [3.05, 3.63) is 60.2 Å². The van der Waals surface area contributed by atoms with E-state index in [1.165, 1.54) is 4.90 Å². The van der Waals surface area contributed by atoms with E-state index in [0.717, 1.165) is 4.90 Å². The molecule has 0 aliphatic carbocycles. The summed E-state index contributed by atoms with van der Waals surface area (Å²) in [6.45, 7) is 0.948. The van der Waals surface area contributed by atoms with E-state index in [4.69, 9.17) is 5.11 Å². The highest BCUT2D eigenvalue weighted by Crippen LogP contribution is 2.33. The fourth-order valence-corrected chi connectivity index (χ4v) is 3.83. The molecule has 0 aromatic heterocycles. The molecule has 3 rings (SSSR count). The van der Waals surface area contributed by atoms with E-state index in [1.807, 2.05) is 0 Å². The van der Waals surface area contributed by atoms with E-state index >= 15 is 0 Å². The molecule has 0 saturated heterocycles. The summed E-state index contributed by atoms with van der Waals surface area (Å²) in [6, 6.07) is 12.3. The van der Waals surface area contributed by atoms with Gasteiger partial charge in [-0.15, -0.1) is 0 Å². The predicted octanol–water partition coefficient (Wildman–Crippen LogP) is 0.733. The Bertz CT molecular complexity index is 1170. The SMILES string of the molecule is CCC(=O)N1C[C@H](NC(=O)c2ccccc2)C(=O)N(CC(=O)N[C@H](C=O)CC(=O)O)c2ccccc21. The van der Waals surface area contributed by atoms with Crippen molar-refractivity contribution in [2.75, 3.05) is 22.9 Å². The van der Waals surface area contributed by atoms with Gasteiger partial charge in [-0.1, -0.05) is 37.3 Å². The number of aldehydes is 1. The topological polar surface area (TPSA) is 153 Å². The number of nitrogens with one attached hydrogen (secondary N) is 2. The average molecular weight is 495 g/mol. The van der Waals surface area contributed by atoms with Crippen LogP contribution in [0.15, 0.2) is 54.6 Å². The van der Waals surface area contributed by atoms with Gasteiger partial charge in [0.05, 0.1) is 30.4 Å². The number of anilines is 2. The van der Waals surface area contributed by atoms with Crippen molar-refractivity contribution in [3.8, 4) is 0 Å². The molecule has 0 radical (unpaired) electrons. The van der Waals surface area contributed by atoms with Crippen LogP contribution < -0.4 is 20.4 Å². The minimum atomic E-state index is -1.28. The number of aliphatic carboxylic acids is 1. The van der Waals surface area contributed by atoms with Crippen molar-refractivity contribution in [2.24, 2.45) is 0 Å². The van der Waals surface area contributed by atoms with Gasteiger partial charge in [0.25, 0.3) is 11.8 Å². The maximum atomic E-state index is 13.6. The van der Waals surface area contributed by atoms with Crippen molar-refractivity contribution < 1.29 is 33.9 Å². The number of hydrogen-bond donors (Lipinski definition) is 3. The number of carboxylic acids is 1. The van der Waals surface area contributed by atoms with Crippen LogP contribution in [0.2, 0.25) is 0 Å². The monoisotopic (exact) mass is 494 g/mol. The summed E-state index contributed by atoms with van der Waals surface area (Å²) in [5, 5.41) is 13.9. The molecule has 11 heteroatoms. The maximum Gasteiger partial charge on any atom is 0.305 e. The van der Waals surface area contributed by atoms with E-state index in [9.17, 15) is 28.8 Å². The number of para-hydroxylation sites is 2. The van der Waals surface area contributed by atoms with Gasteiger partial charge in [0, 0.05) is 12.0 Å². The number of amides is 4. The van der Waals surface area contributed by atoms with Crippen LogP contribution in [0.25, 0.3) is 0 Å². The van der Waals surface area contributed by atoms with Gasteiger partial charge in [0.1, 0.15) is 18.9 Å². The second-order valence-electron chi connectivity index (χ2n) is 8.07. The van der Waals surface area contributed by atoms with Gasteiger partial charge in [0.2, 0.25) is 11.8 Å². The summed E-state index contributed by atoms with van der Waals surface area (Å²) in [7, 11) is 0. The molecule has 0 bridgehead atoms. The molecule has 2 atom stereocenters. The molecule has 0 unspecified atom stereocenters. The fraction of sp³-hybridized carbons (Fsp3) is 0.280. The highest BCUT2D eigenvalue weighted by atomic mass is 16.4. The summed E-state index contributed by atoms with van der Waals surface area (Å²) >= 11 is 0. The van der Waals surface area contributed by atoms with Crippen molar-refractivity contribution in [3.63, 3.8) is 0 Å². The number of carbonyl (C=O) groups excluding carboxylic acids is 5. The zero-order valence-electron chi connectivity index (χ0n) is 19.5. The Labute approximate surface area is 207 Å². The summed E-state index contributed by atoms with van der Waals surface area (Å²) in [6.07, 6.45) is -0.179. The Morgan fingerprint density at radius 3 is 2.31 bits per heavy atom. The number of nitrogens with zero attached hydrogens (tertiary/aromatic N) is 2. The van der Waals surface area contributed by atoms with Crippen LogP contribution in [0.5, 0.6) is 0 Å². The van der Waals surface area contributed by atoms with Crippen molar-refractivity contribution in [1.82, 2.24) is 10.6 Å². The number of benzene rings is 2. The third kappa shape index (κ3) is 6.12. The van der Waals surface area contributed by atoms with Crippen molar-refractivity contribution in [1.29, 1.82) is 0 Å². The molecular weight excluding hydrogens is 468 g/mol. The summed E-state index contributed by atoms with van der Waals surface area (Å²) in [5.41, 5.74) is 0.948. The third-order valence-corrected chi connectivity index (χ3v) is 5.54. The lowest BCUT2D eigenvalue weighted by atomic mass is 10.1. The number of carboxylic acid groups (broad SMARTS) is 1. The molecule has 1 aliphatic rings. The first-order valence-electron chi connectivity index (χ1n) is 11.3. The first-order valence-corrected chi connectivity index (χ1v) is 11.3. The van der Waals surface area contributed by atoms with Gasteiger partial charge >= 0.3 is 5.97 Å². The van der Waals surface area contributed by atoms with Crippen LogP contribution in [0, 0.1) is 0 Å². The average Bonchev–Trinajstić information content (AvgIpc) is 2.98. The molecule has 0 saturated carbocycles. The van der Waals surface area contributed by atoms with E-state index in [-0.39, 0.29) is 24.6 Å². The summed E-state index contributed by atoms with van der Waals surface area (Å²) in [4.78, 5) is 76.7. The van der Waals surface area contributed by atoms with Crippen LogP contribution in [0.1, 0.15) is 30.1 Å². The van der Waals surface area contributed by atoms with Gasteiger partial charge < -0.3 is 25.4 Å². The molecule has 1 heterocycles. The molecule has 2 aromatic carbocycles. The lowest BCUT2D eigenvalue weighted by molar-refractivity contribution is -0.139. The lowest BCUT2D eigenvalue weighted by Crippen LogP contribution is -2.54. The highest BCUT2D eigenvalue weighted by molar-refractivity contribution is 6.11. The molecule has 1 aliphatic heterocycles. The molecular formula is C25H26N4O7. The Morgan fingerprint density at radius 2 is 1.69 bits per heavy atom. The van der Waals surface area contributed by atoms with E-state index in [2.05, 4.69) is 10.6 Å². The zero-order chi connectivity index (χ0) is 26.2.